The van der Waals surface area contributed by atoms with Crippen molar-refractivity contribution in [2.45, 2.75) is 0 Å². The molecule has 0 bridgehead atoms. The number of furan rings is 1. The second-order valence-electron chi connectivity index (χ2n) is 14.3. The molecular formula is C53H34N2O2. The molecule has 57 heavy (non-hydrogen) atoms. The van der Waals surface area contributed by atoms with E-state index in [1.54, 1.807) is 0 Å². The molecule has 0 fully saturated rings. The molecule has 0 aliphatic rings. The topological polar surface area (TPSA) is 42.4 Å². The van der Waals surface area contributed by atoms with Crippen LogP contribution in [-0.4, -0.2) is 4.98 Å². The average Bonchev–Trinajstić information content (AvgIpc) is 3.89. The highest BCUT2D eigenvalue weighted by Crippen LogP contribution is 2.46. The lowest BCUT2D eigenvalue weighted by Crippen LogP contribution is -2.10. The molecule has 11 aromatic rings. The van der Waals surface area contributed by atoms with Gasteiger partial charge in [0.25, 0.3) is 0 Å². The number of aromatic nitrogens is 1. The van der Waals surface area contributed by atoms with E-state index in [9.17, 15) is 0 Å². The van der Waals surface area contributed by atoms with Gasteiger partial charge >= 0.3 is 0 Å². The molecule has 2 aromatic heterocycles. The van der Waals surface area contributed by atoms with Crippen LogP contribution in [0.5, 0.6) is 0 Å². The van der Waals surface area contributed by atoms with Crippen LogP contribution in [0.25, 0.3) is 88.6 Å². The fourth-order valence-electron chi connectivity index (χ4n) is 8.24. The highest BCUT2D eigenvalue weighted by molar-refractivity contribution is 6.19. The molecule has 0 saturated heterocycles. The first-order valence-electron chi connectivity index (χ1n) is 19.2. The zero-order valence-electron chi connectivity index (χ0n) is 30.8. The standard InChI is InChI=1S/C53H34N2O2/c1-4-14-35(15-5-1)36-24-28-40(29-25-36)55(46-33-32-42(37-16-6-2-7-17-37)43-20-10-11-21-44(43)46)41-30-26-38(27-31-41)50-51-45-22-12-13-23-47(45)56-48(51)34-49-52(50)54-53(57-49)39-18-8-3-9-19-39/h1-34H. The monoisotopic (exact) mass is 730 g/mol. The Morgan fingerprint density at radius 1 is 0.368 bits per heavy atom. The van der Waals surface area contributed by atoms with E-state index in [-0.39, 0.29) is 0 Å². The van der Waals surface area contributed by atoms with Crippen molar-refractivity contribution in [3.05, 3.63) is 206 Å². The molecule has 4 nitrogen and oxygen atoms in total. The van der Waals surface area contributed by atoms with Gasteiger partial charge < -0.3 is 13.7 Å². The Kier molecular flexibility index (Phi) is 7.78. The molecule has 0 unspecified atom stereocenters. The Labute approximate surface area is 329 Å². The molecule has 4 heteroatoms. The van der Waals surface area contributed by atoms with E-state index >= 15 is 0 Å². The van der Waals surface area contributed by atoms with Crippen molar-refractivity contribution in [3.63, 3.8) is 0 Å². The summed E-state index contributed by atoms with van der Waals surface area (Å²) in [6, 6.07) is 72.3. The van der Waals surface area contributed by atoms with Crippen LogP contribution in [-0.2, 0) is 0 Å². The van der Waals surface area contributed by atoms with Crippen molar-refractivity contribution in [1.29, 1.82) is 0 Å². The highest BCUT2D eigenvalue weighted by atomic mass is 16.4. The van der Waals surface area contributed by atoms with Crippen LogP contribution in [0.1, 0.15) is 0 Å². The molecule has 0 spiro atoms. The highest BCUT2D eigenvalue weighted by Gasteiger charge is 2.23. The summed E-state index contributed by atoms with van der Waals surface area (Å²) in [4.78, 5) is 7.49. The van der Waals surface area contributed by atoms with Gasteiger partial charge in [-0.2, -0.15) is 0 Å². The van der Waals surface area contributed by atoms with E-state index in [1.165, 1.54) is 33.0 Å². The van der Waals surface area contributed by atoms with Crippen LogP contribution in [0.3, 0.4) is 0 Å². The van der Waals surface area contributed by atoms with Crippen molar-refractivity contribution in [1.82, 2.24) is 4.98 Å². The third-order valence-corrected chi connectivity index (χ3v) is 10.9. The van der Waals surface area contributed by atoms with Gasteiger partial charge in [0.2, 0.25) is 5.89 Å². The van der Waals surface area contributed by atoms with E-state index in [1.807, 2.05) is 48.5 Å². The van der Waals surface area contributed by atoms with Gasteiger partial charge in [-0.25, -0.2) is 4.98 Å². The maximum absolute atomic E-state index is 6.44. The van der Waals surface area contributed by atoms with Crippen molar-refractivity contribution < 1.29 is 8.83 Å². The third kappa shape index (κ3) is 5.66. The Hall–Kier alpha value is -7.69. The number of oxazole rings is 1. The molecule has 0 aliphatic heterocycles. The molecule has 0 aliphatic carbocycles. The Morgan fingerprint density at radius 2 is 0.912 bits per heavy atom. The number of hydrogen-bond acceptors (Lipinski definition) is 4. The number of hydrogen-bond donors (Lipinski definition) is 0. The van der Waals surface area contributed by atoms with Gasteiger partial charge in [-0.3, -0.25) is 0 Å². The lowest BCUT2D eigenvalue weighted by molar-refractivity contribution is 0.617. The van der Waals surface area contributed by atoms with Crippen LogP contribution < -0.4 is 4.90 Å². The lowest BCUT2D eigenvalue weighted by atomic mass is 9.95. The SMILES string of the molecule is c1ccc(-c2ccc(N(c3ccc(-c4c5nc(-c6ccccc6)oc5cc5oc6ccccc6c45)cc3)c3ccc(-c4ccccc4)c4ccccc34)cc2)cc1. The fourth-order valence-corrected chi connectivity index (χ4v) is 8.24. The molecule has 11 rings (SSSR count). The van der Waals surface area contributed by atoms with Crippen LogP contribution in [0.15, 0.2) is 215 Å². The molecule has 0 saturated carbocycles. The smallest absolute Gasteiger partial charge is 0.227 e. The fraction of sp³-hybridized carbons (Fsp3) is 0. The first kappa shape index (κ1) is 32.7. The summed E-state index contributed by atoms with van der Waals surface area (Å²) in [5.74, 6) is 0.580. The van der Waals surface area contributed by atoms with Crippen LogP contribution >= 0.6 is 0 Å². The van der Waals surface area contributed by atoms with Gasteiger partial charge in [0.1, 0.15) is 16.7 Å². The number of rotatable bonds is 7. The quantitative estimate of drug-likeness (QED) is 0.164. The average molecular weight is 731 g/mol. The van der Waals surface area contributed by atoms with E-state index < -0.39 is 0 Å². The summed E-state index contributed by atoms with van der Waals surface area (Å²) in [5.41, 5.74) is 14.0. The van der Waals surface area contributed by atoms with Gasteiger partial charge in [-0.15, -0.1) is 0 Å². The second-order valence-corrected chi connectivity index (χ2v) is 14.3. The first-order chi connectivity index (χ1) is 28.3. The summed E-state index contributed by atoms with van der Waals surface area (Å²) in [7, 11) is 0. The number of nitrogens with zero attached hydrogens (tertiary/aromatic N) is 2. The summed E-state index contributed by atoms with van der Waals surface area (Å²) < 4.78 is 12.9. The Balaban J connectivity index is 1.10. The Bertz CT molecular complexity index is 3200. The predicted octanol–water partition coefficient (Wildman–Crippen LogP) is 15.0. The molecule has 0 amide bonds. The normalized spacial score (nSPS) is 11.5. The number of fused-ring (bicyclic) bond motifs is 5. The molecule has 0 N–H and O–H groups in total. The third-order valence-electron chi connectivity index (χ3n) is 10.9. The lowest BCUT2D eigenvalue weighted by Gasteiger charge is -2.28. The van der Waals surface area contributed by atoms with Crippen molar-refractivity contribution in [2.75, 3.05) is 4.90 Å². The van der Waals surface area contributed by atoms with Gasteiger partial charge in [0.15, 0.2) is 5.58 Å². The molecule has 2 heterocycles. The summed E-state index contributed by atoms with van der Waals surface area (Å²) >= 11 is 0. The van der Waals surface area contributed by atoms with Gasteiger partial charge in [0.05, 0.1) is 5.69 Å². The van der Waals surface area contributed by atoms with Crippen LogP contribution in [0.4, 0.5) is 17.1 Å². The number of anilines is 3. The number of benzene rings is 9. The summed E-state index contributed by atoms with van der Waals surface area (Å²) in [5, 5.41) is 4.43. The Morgan fingerprint density at radius 3 is 1.60 bits per heavy atom. The first-order valence-corrected chi connectivity index (χ1v) is 19.2. The van der Waals surface area contributed by atoms with E-state index in [0.717, 1.165) is 61.2 Å². The van der Waals surface area contributed by atoms with Gasteiger partial charge in [-0.1, -0.05) is 152 Å². The van der Waals surface area contributed by atoms with Crippen molar-refractivity contribution in [3.8, 4) is 44.8 Å². The van der Waals surface area contributed by atoms with Crippen LogP contribution in [0.2, 0.25) is 0 Å². The second kappa shape index (κ2) is 13.6. The molecule has 0 atom stereocenters. The number of para-hydroxylation sites is 1. The largest absolute Gasteiger partial charge is 0.456 e. The predicted molar refractivity (Wildman–Crippen MR) is 235 cm³/mol. The van der Waals surface area contributed by atoms with E-state index in [0.29, 0.717) is 11.5 Å². The van der Waals surface area contributed by atoms with E-state index in [2.05, 4.69) is 163 Å². The molecule has 0 radical (unpaired) electrons. The zero-order chi connectivity index (χ0) is 37.7. The van der Waals surface area contributed by atoms with Crippen molar-refractivity contribution >= 4 is 60.9 Å². The molecule has 268 valence electrons. The maximum Gasteiger partial charge on any atom is 0.227 e. The maximum atomic E-state index is 6.44. The van der Waals surface area contributed by atoms with Gasteiger partial charge in [-0.05, 0) is 81.7 Å². The van der Waals surface area contributed by atoms with Crippen LogP contribution in [0, 0.1) is 0 Å². The zero-order valence-corrected chi connectivity index (χ0v) is 30.8. The van der Waals surface area contributed by atoms with Gasteiger partial charge in [0, 0.05) is 44.7 Å². The molecular weight excluding hydrogens is 697 g/mol. The minimum atomic E-state index is 0.580. The molecule has 9 aromatic carbocycles. The van der Waals surface area contributed by atoms with Crippen molar-refractivity contribution in [2.24, 2.45) is 0 Å². The minimum Gasteiger partial charge on any atom is -0.456 e. The van der Waals surface area contributed by atoms with E-state index in [4.69, 9.17) is 13.8 Å². The summed E-state index contributed by atoms with van der Waals surface area (Å²) in [6.07, 6.45) is 0. The minimum absolute atomic E-state index is 0.580. The summed E-state index contributed by atoms with van der Waals surface area (Å²) in [6.45, 7) is 0.